The molecule has 138 valence electrons. The second kappa shape index (κ2) is 7.00. The van der Waals surface area contributed by atoms with Gasteiger partial charge in [-0.05, 0) is 31.0 Å². The Hall–Kier alpha value is -2.92. The van der Waals surface area contributed by atoms with Gasteiger partial charge in [-0.2, -0.15) is 0 Å². The molecular weight excluding hydrogens is 340 g/mol. The number of aryl methyl sites for hydroxylation is 2. The molecule has 2 aromatic carbocycles. The minimum Gasteiger partial charge on any atom is -0.378 e. The summed E-state index contributed by atoms with van der Waals surface area (Å²) in [7, 11) is 0. The number of hydrogen-bond acceptors (Lipinski definition) is 4. The molecule has 0 aromatic heterocycles. The number of anilines is 1. The average molecular weight is 362 g/mol. The first-order valence-electron chi connectivity index (χ1n) is 9.16. The molecule has 2 aromatic rings. The molecule has 0 atom stereocenters. The summed E-state index contributed by atoms with van der Waals surface area (Å²) in [4.78, 5) is 30.1. The maximum absolute atomic E-state index is 13.4. The first-order valence-corrected chi connectivity index (χ1v) is 9.16. The lowest BCUT2D eigenvalue weighted by molar-refractivity contribution is -0.121. The van der Waals surface area contributed by atoms with E-state index in [0.29, 0.717) is 43.3 Å². The van der Waals surface area contributed by atoms with E-state index in [0.717, 1.165) is 16.7 Å². The summed E-state index contributed by atoms with van der Waals surface area (Å²) in [6, 6.07) is 15.2. The molecular formula is C22H22N2O3. The van der Waals surface area contributed by atoms with Crippen LogP contribution < -0.4 is 4.90 Å². The van der Waals surface area contributed by atoms with Crippen LogP contribution in [0.4, 0.5) is 5.69 Å². The van der Waals surface area contributed by atoms with Gasteiger partial charge in [-0.3, -0.25) is 9.59 Å². The second-order valence-corrected chi connectivity index (χ2v) is 6.92. The van der Waals surface area contributed by atoms with Crippen LogP contribution in [0.15, 0.2) is 54.2 Å². The van der Waals surface area contributed by atoms with Crippen LogP contribution in [0.5, 0.6) is 0 Å². The minimum absolute atomic E-state index is 0.257. The highest BCUT2D eigenvalue weighted by Gasteiger charge is 2.43. The Morgan fingerprint density at radius 2 is 1.59 bits per heavy atom. The molecule has 0 saturated carbocycles. The molecule has 2 aliphatic heterocycles. The number of carbonyl (C=O) groups is 2. The maximum Gasteiger partial charge on any atom is 0.282 e. The molecule has 2 amide bonds. The lowest BCUT2D eigenvalue weighted by atomic mass is 10.0. The Bertz CT molecular complexity index is 928. The van der Waals surface area contributed by atoms with Crippen molar-refractivity contribution in [1.82, 2.24) is 4.90 Å². The van der Waals surface area contributed by atoms with Crippen molar-refractivity contribution < 1.29 is 14.3 Å². The van der Waals surface area contributed by atoms with Crippen molar-refractivity contribution in [3.8, 4) is 0 Å². The van der Waals surface area contributed by atoms with Crippen LogP contribution in [0.25, 0.3) is 5.57 Å². The zero-order valence-corrected chi connectivity index (χ0v) is 15.6. The molecule has 5 nitrogen and oxygen atoms in total. The molecule has 2 heterocycles. The SMILES string of the molecule is Cc1ccc(N2C(=O)C(c3ccccc3)=C(N3CCOCC3)C2=O)c(C)c1. The lowest BCUT2D eigenvalue weighted by Gasteiger charge is -2.29. The van der Waals surface area contributed by atoms with Gasteiger partial charge in [-0.1, -0.05) is 48.0 Å². The van der Waals surface area contributed by atoms with Gasteiger partial charge in [-0.25, -0.2) is 4.90 Å². The van der Waals surface area contributed by atoms with Gasteiger partial charge >= 0.3 is 0 Å². The van der Waals surface area contributed by atoms with E-state index in [4.69, 9.17) is 4.74 Å². The molecule has 1 fully saturated rings. The number of hydrogen-bond donors (Lipinski definition) is 0. The topological polar surface area (TPSA) is 49.9 Å². The second-order valence-electron chi connectivity index (χ2n) is 6.92. The van der Waals surface area contributed by atoms with Crippen LogP contribution in [0.2, 0.25) is 0 Å². The van der Waals surface area contributed by atoms with Gasteiger partial charge in [0.25, 0.3) is 11.8 Å². The molecule has 27 heavy (non-hydrogen) atoms. The normalized spacial score (nSPS) is 17.9. The lowest BCUT2D eigenvalue weighted by Crippen LogP contribution is -2.40. The summed E-state index contributed by atoms with van der Waals surface area (Å²) in [5.74, 6) is -0.521. The zero-order valence-electron chi connectivity index (χ0n) is 15.6. The van der Waals surface area contributed by atoms with Crippen LogP contribution in [-0.4, -0.2) is 43.0 Å². The molecule has 0 N–H and O–H groups in total. The number of nitrogens with zero attached hydrogens (tertiary/aromatic N) is 2. The fourth-order valence-corrected chi connectivity index (χ4v) is 3.74. The van der Waals surface area contributed by atoms with Crippen LogP contribution >= 0.6 is 0 Å². The summed E-state index contributed by atoms with van der Waals surface area (Å²) in [6.07, 6.45) is 0. The van der Waals surface area contributed by atoms with Gasteiger partial charge in [0.2, 0.25) is 0 Å². The molecule has 4 rings (SSSR count). The van der Waals surface area contributed by atoms with Crippen LogP contribution in [0, 0.1) is 13.8 Å². The van der Waals surface area contributed by atoms with Gasteiger partial charge in [0.1, 0.15) is 5.70 Å². The monoisotopic (exact) mass is 362 g/mol. The first-order chi connectivity index (χ1) is 13.1. The third-order valence-electron chi connectivity index (χ3n) is 5.04. The average Bonchev–Trinajstić information content (AvgIpc) is 2.94. The third kappa shape index (κ3) is 3.04. The maximum atomic E-state index is 13.4. The Morgan fingerprint density at radius 3 is 2.26 bits per heavy atom. The number of morpholine rings is 1. The quantitative estimate of drug-likeness (QED) is 0.788. The highest BCUT2D eigenvalue weighted by molar-refractivity contribution is 6.45. The number of ether oxygens (including phenoxy) is 1. The summed E-state index contributed by atoms with van der Waals surface area (Å²) in [5.41, 5.74) is 4.38. The molecule has 2 aliphatic rings. The number of carbonyl (C=O) groups excluding carboxylic acids is 2. The molecule has 0 bridgehead atoms. The molecule has 0 radical (unpaired) electrons. The first kappa shape index (κ1) is 17.5. The fourth-order valence-electron chi connectivity index (χ4n) is 3.74. The van der Waals surface area contributed by atoms with Crippen LogP contribution in [0.1, 0.15) is 16.7 Å². The van der Waals surface area contributed by atoms with E-state index in [2.05, 4.69) is 0 Å². The molecule has 0 aliphatic carbocycles. The zero-order chi connectivity index (χ0) is 19.0. The third-order valence-corrected chi connectivity index (χ3v) is 5.04. The van der Waals surface area contributed by atoms with Crippen molar-refractivity contribution in [2.75, 3.05) is 31.2 Å². The smallest absolute Gasteiger partial charge is 0.282 e. The Kier molecular flexibility index (Phi) is 4.54. The van der Waals surface area contributed by atoms with Gasteiger partial charge < -0.3 is 9.64 Å². The van der Waals surface area contributed by atoms with Gasteiger partial charge in [-0.15, -0.1) is 0 Å². The minimum atomic E-state index is -0.264. The fraction of sp³-hybridized carbons (Fsp3) is 0.273. The Morgan fingerprint density at radius 1 is 0.889 bits per heavy atom. The summed E-state index contributed by atoms with van der Waals surface area (Å²) < 4.78 is 5.43. The van der Waals surface area contributed by atoms with Crippen molar-refractivity contribution in [3.05, 3.63) is 70.9 Å². The molecule has 0 spiro atoms. The van der Waals surface area contributed by atoms with Crippen molar-refractivity contribution in [2.45, 2.75) is 13.8 Å². The van der Waals surface area contributed by atoms with E-state index >= 15 is 0 Å². The summed E-state index contributed by atoms with van der Waals surface area (Å²) >= 11 is 0. The van der Waals surface area contributed by atoms with E-state index in [1.165, 1.54) is 4.90 Å². The summed E-state index contributed by atoms with van der Waals surface area (Å²) in [6.45, 7) is 6.24. The van der Waals surface area contributed by atoms with Crippen molar-refractivity contribution >= 4 is 23.1 Å². The van der Waals surface area contributed by atoms with Crippen molar-refractivity contribution in [2.24, 2.45) is 0 Å². The van der Waals surface area contributed by atoms with E-state index < -0.39 is 0 Å². The van der Waals surface area contributed by atoms with Gasteiger partial charge in [0, 0.05) is 13.1 Å². The standard InChI is InChI=1S/C22H22N2O3/c1-15-8-9-18(16(2)14-15)24-21(25)19(17-6-4-3-5-7-17)20(22(24)26)23-10-12-27-13-11-23/h3-9,14H,10-13H2,1-2H3. The van der Waals surface area contributed by atoms with Crippen LogP contribution in [0.3, 0.4) is 0 Å². The number of amides is 2. The van der Waals surface area contributed by atoms with Gasteiger partial charge in [0.15, 0.2) is 0 Å². The van der Waals surface area contributed by atoms with E-state index in [1.54, 1.807) is 0 Å². The van der Waals surface area contributed by atoms with E-state index in [-0.39, 0.29) is 11.8 Å². The van der Waals surface area contributed by atoms with Crippen LogP contribution in [-0.2, 0) is 14.3 Å². The Labute approximate surface area is 158 Å². The molecule has 1 saturated heterocycles. The number of imide groups is 1. The molecule has 5 heteroatoms. The predicted octanol–water partition coefficient (Wildman–Crippen LogP) is 2.92. The highest BCUT2D eigenvalue weighted by Crippen LogP contribution is 2.36. The van der Waals surface area contributed by atoms with Crippen molar-refractivity contribution in [3.63, 3.8) is 0 Å². The molecule has 0 unspecified atom stereocenters. The van der Waals surface area contributed by atoms with E-state index in [1.807, 2.05) is 67.3 Å². The Balaban J connectivity index is 1.84. The number of benzene rings is 2. The predicted molar refractivity (Wildman–Crippen MR) is 104 cm³/mol. The highest BCUT2D eigenvalue weighted by atomic mass is 16.5. The van der Waals surface area contributed by atoms with E-state index in [9.17, 15) is 9.59 Å². The summed E-state index contributed by atoms with van der Waals surface area (Å²) in [5, 5.41) is 0. The number of rotatable bonds is 3. The van der Waals surface area contributed by atoms with Crippen molar-refractivity contribution in [1.29, 1.82) is 0 Å². The largest absolute Gasteiger partial charge is 0.378 e. The van der Waals surface area contributed by atoms with Gasteiger partial charge in [0.05, 0.1) is 24.5 Å².